The molecule has 0 radical (unpaired) electrons. The quantitative estimate of drug-likeness (QED) is 0.793. The molecule has 1 aromatic heterocycles. The van der Waals surface area contributed by atoms with Crippen LogP contribution in [-0.2, 0) is 6.54 Å². The summed E-state index contributed by atoms with van der Waals surface area (Å²) >= 11 is 0. The lowest BCUT2D eigenvalue weighted by Gasteiger charge is -2.03. The van der Waals surface area contributed by atoms with Gasteiger partial charge in [0.05, 0.1) is 5.69 Å². The smallest absolute Gasteiger partial charge is 0.0700 e. The van der Waals surface area contributed by atoms with Crippen molar-refractivity contribution in [3.63, 3.8) is 0 Å². The zero-order valence-corrected chi connectivity index (χ0v) is 9.25. The molecular weight excluding hydrogens is 174 g/mol. The molecule has 1 aliphatic rings. The van der Waals surface area contributed by atoms with Crippen LogP contribution >= 0.6 is 0 Å². The Morgan fingerprint density at radius 2 is 2.29 bits per heavy atom. The minimum absolute atomic E-state index is 0.470. The summed E-state index contributed by atoms with van der Waals surface area (Å²) in [6.07, 6.45) is 4.84. The van der Waals surface area contributed by atoms with Gasteiger partial charge in [0.15, 0.2) is 0 Å². The Morgan fingerprint density at radius 3 is 2.79 bits per heavy atom. The molecule has 14 heavy (non-hydrogen) atoms. The Morgan fingerprint density at radius 1 is 1.57 bits per heavy atom. The highest BCUT2D eigenvalue weighted by molar-refractivity contribution is 5.24. The molecule has 3 nitrogen and oxygen atoms in total. The maximum atomic E-state index is 4.67. The second-order valence-corrected chi connectivity index (χ2v) is 4.42. The van der Waals surface area contributed by atoms with E-state index in [1.165, 1.54) is 24.1 Å². The summed E-state index contributed by atoms with van der Waals surface area (Å²) in [6.45, 7) is 5.29. The molecule has 1 saturated carbocycles. The normalized spacial score (nSPS) is 16.6. The van der Waals surface area contributed by atoms with E-state index < -0.39 is 0 Å². The van der Waals surface area contributed by atoms with Crippen LogP contribution < -0.4 is 5.32 Å². The SMILES string of the molecule is CNCc1cn(C(C)C)nc1C1CC1. The number of nitrogens with zero attached hydrogens (tertiary/aromatic N) is 2. The zero-order valence-electron chi connectivity index (χ0n) is 9.25. The van der Waals surface area contributed by atoms with Crippen LogP contribution in [0.15, 0.2) is 6.20 Å². The molecule has 2 rings (SSSR count). The first-order valence-corrected chi connectivity index (χ1v) is 5.45. The third-order valence-electron chi connectivity index (χ3n) is 2.70. The van der Waals surface area contributed by atoms with Gasteiger partial charge in [0, 0.05) is 30.3 Å². The molecule has 78 valence electrons. The van der Waals surface area contributed by atoms with E-state index >= 15 is 0 Å². The van der Waals surface area contributed by atoms with Gasteiger partial charge in [-0.1, -0.05) is 0 Å². The number of rotatable bonds is 4. The topological polar surface area (TPSA) is 29.9 Å². The fourth-order valence-corrected chi connectivity index (χ4v) is 1.74. The molecule has 1 fully saturated rings. The van der Waals surface area contributed by atoms with Crippen molar-refractivity contribution >= 4 is 0 Å². The monoisotopic (exact) mass is 193 g/mol. The van der Waals surface area contributed by atoms with Gasteiger partial charge in [-0.25, -0.2) is 0 Å². The van der Waals surface area contributed by atoms with E-state index in [0.29, 0.717) is 6.04 Å². The molecular formula is C11H19N3. The standard InChI is InChI=1S/C11H19N3/c1-8(2)14-7-10(6-12-3)11(13-14)9-4-5-9/h7-9,12H,4-6H2,1-3H3. The number of hydrogen-bond acceptors (Lipinski definition) is 2. The van der Waals surface area contributed by atoms with Crippen molar-refractivity contribution in [3.8, 4) is 0 Å². The van der Waals surface area contributed by atoms with Gasteiger partial charge >= 0.3 is 0 Å². The zero-order chi connectivity index (χ0) is 10.1. The molecule has 0 saturated heterocycles. The third kappa shape index (κ3) is 1.82. The Kier molecular flexibility index (Phi) is 2.59. The molecule has 1 aromatic rings. The van der Waals surface area contributed by atoms with Gasteiger partial charge in [0.2, 0.25) is 0 Å². The van der Waals surface area contributed by atoms with Crippen molar-refractivity contribution in [2.24, 2.45) is 0 Å². The van der Waals surface area contributed by atoms with E-state index in [-0.39, 0.29) is 0 Å². The van der Waals surface area contributed by atoms with Gasteiger partial charge in [-0.3, -0.25) is 4.68 Å². The molecule has 0 spiro atoms. The van der Waals surface area contributed by atoms with Gasteiger partial charge in [-0.05, 0) is 33.7 Å². The van der Waals surface area contributed by atoms with Crippen LogP contribution in [0, 0.1) is 0 Å². The van der Waals surface area contributed by atoms with Gasteiger partial charge < -0.3 is 5.32 Å². The second kappa shape index (κ2) is 3.73. The van der Waals surface area contributed by atoms with Crippen molar-refractivity contribution in [1.82, 2.24) is 15.1 Å². The third-order valence-corrected chi connectivity index (χ3v) is 2.70. The van der Waals surface area contributed by atoms with Crippen LogP contribution in [0.25, 0.3) is 0 Å². The van der Waals surface area contributed by atoms with E-state index in [2.05, 4.69) is 35.1 Å². The first kappa shape index (κ1) is 9.71. The average Bonchev–Trinajstić information content (AvgIpc) is 2.89. The highest BCUT2D eigenvalue weighted by Crippen LogP contribution is 2.40. The highest BCUT2D eigenvalue weighted by Gasteiger charge is 2.29. The first-order valence-electron chi connectivity index (χ1n) is 5.45. The molecule has 1 aliphatic carbocycles. The first-order chi connectivity index (χ1) is 6.72. The summed E-state index contributed by atoms with van der Waals surface area (Å²) in [7, 11) is 1.99. The Labute approximate surface area is 85.5 Å². The molecule has 0 aromatic carbocycles. The van der Waals surface area contributed by atoms with Crippen molar-refractivity contribution in [3.05, 3.63) is 17.5 Å². The van der Waals surface area contributed by atoms with E-state index in [4.69, 9.17) is 0 Å². The average molecular weight is 193 g/mol. The van der Waals surface area contributed by atoms with E-state index in [9.17, 15) is 0 Å². The van der Waals surface area contributed by atoms with Crippen LogP contribution in [0.5, 0.6) is 0 Å². The van der Waals surface area contributed by atoms with E-state index in [0.717, 1.165) is 12.5 Å². The fraction of sp³-hybridized carbons (Fsp3) is 0.727. The van der Waals surface area contributed by atoms with Crippen molar-refractivity contribution < 1.29 is 0 Å². The lowest BCUT2D eigenvalue weighted by Crippen LogP contribution is -2.05. The second-order valence-electron chi connectivity index (χ2n) is 4.42. The van der Waals surface area contributed by atoms with Crippen LogP contribution in [-0.4, -0.2) is 16.8 Å². The number of hydrogen-bond donors (Lipinski definition) is 1. The lowest BCUT2D eigenvalue weighted by atomic mass is 10.2. The summed E-state index contributed by atoms with van der Waals surface area (Å²) in [6, 6.07) is 0.470. The highest BCUT2D eigenvalue weighted by atomic mass is 15.3. The maximum Gasteiger partial charge on any atom is 0.0700 e. The molecule has 0 unspecified atom stereocenters. The maximum absolute atomic E-state index is 4.67. The summed E-state index contributed by atoms with van der Waals surface area (Å²) in [5.41, 5.74) is 2.71. The Hall–Kier alpha value is -0.830. The van der Waals surface area contributed by atoms with Crippen LogP contribution in [0.3, 0.4) is 0 Å². The predicted octanol–water partition coefficient (Wildman–Crippen LogP) is 2.06. The largest absolute Gasteiger partial charge is 0.316 e. The van der Waals surface area contributed by atoms with Gasteiger partial charge in [0.1, 0.15) is 0 Å². The number of nitrogens with one attached hydrogen (secondary N) is 1. The summed E-state index contributed by atoms with van der Waals surface area (Å²) in [5.74, 6) is 0.748. The van der Waals surface area contributed by atoms with Crippen molar-refractivity contribution in [2.75, 3.05) is 7.05 Å². The van der Waals surface area contributed by atoms with Gasteiger partial charge in [0.25, 0.3) is 0 Å². The Balaban J connectivity index is 2.25. The minimum Gasteiger partial charge on any atom is -0.316 e. The molecule has 0 aliphatic heterocycles. The minimum atomic E-state index is 0.470. The molecule has 3 heteroatoms. The van der Waals surface area contributed by atoms with Gasteiger partial charge in [-0.2, -0.15) is 5.10 Å². The summed E-state index contributed by atoms with van der Waals surface area (Å²) in [4.78, 5) is 0. The molecule has 0 amide bonds. The molecule has 0 bridgehead atoms. The van der Waals surface area contributed by atoms with E-state index in [1.54, 1.807) is 0 Å². The number of aromatic nitrogens is 2. The van der Waals surface area contributed by atoms with Crippen molar-refractivity contribution in [1.29, 1.82) is 0 Å². The Bertz CT molecular complexity index is 310. The summed E-state index contributed by atoms with van der Waals surface area (Å²) < 4.78 is 2.08. The predicted molar refractivity (Wildman–Crippen MR) is 57.4 cm³/mol. The van der Waals surface area contributed by atoms with Crippen LogP contribution in [0.1, 0.15) is 49.9 Å². The van der Waals surface area contributed by atoms with Crippen molar-refractivity contribution in [2.45, 2.75) is 45.2 Å². The fourth-order valence-electron chi connectivity index (χ4n) is 1.74. The van der Waals surface area contributed by atoms with Crippen LogP contribution in [0.2, 0.25) is 0 Å². The van der Waals surface area contributed by atoms with Crippen LogP contribution in [0.4, 0.5) is 0 Å². The molecule has 0 atom stereocenters. The molecule has 1 N–H and O–H groups in total. The summed E-state index contributed by atoms with van der Waals surface area (Å²) in [5, 5.41) is 7.87. The lowest BCUT2D eigenvalue weighted by molar-refractivity contribution is 0.526. The van der Waals surface area contributed by atoms with Gasteiger partial charge in [-0.15, -0.1) is 0 Å². The molecule has 1 heterocycles. The van der Waals surface area contributed by atoms with E-state index in [1.807, 2.05) is 7.05 Å².